The van der Waals surface area contributed by atoms with Crippen LogP contribution in [0.2, 0.25) is 0 Å². The zero-order chi connectivity index (χ0) is 14.3. The molecule has 0 atom stereocenters. The van der Waals surface area contributed by atoms with Gasteiger partial charge in [-0.05, 0) is 49.8 Å². The molecular formula is C17H22N2. The average Bonchev–Trinajstić information content (AvgIpc) is 2.97. The third-order valence-corrected chi connectivity index (χ3v) is 2.82. The van der Waals surface area contributed by atoms with Crippen molar-refractivity contribution >= 4 is 23.8 Å². The number of amidine groups is 1. The van der Waals surface area contributed by atoms with Crippen LogP contribution in [0.15, 0.2) is 46.4 Å². The fraction of sp³-hybridized carbons (Fsp3) is 0.294. The monoisotopic (exact) mass is 254 g/mol. The molecule has 0 unspecified atom stereocenters. The smallest absolute Gasteiger partial charge is 0.125 e. The van der Waals surface area contributed by atoms with Crippen molar-refractivity contribution in [1.82, 2.24) is 0 Å². The molecule has 0 aliphatic heterocycles. The first-order valence-electron chi connectivity index (χ1n) is 6.70. The van der Waals surface area contributed by atoms with E-state index in [4.69, 9.17) is 0 Å². The number of rotatable bonds is 2. The van der Waals surface area contributed by atoms with Crippen LogP contribution < -0.4 is 0 Å². The minimum atomic E-state index is 0.696. The van der Waals surface area contributed by atoms with Gasteiger partial charge in [0.2, 0.25) is 0 Å². The van der Waals surface area contributed by atoms with E-state index >= 15 is 0 Å². The lowest BCUT2D eigenvalue weighted by molar-refractivity contribution is 1.36. The number of benzene rings is 1. The minimum absolute atomic E-state index is 0.696. The molecule has 0 aromatic heterocycles. The molecule has 0 spiro atoms. The van der Waals surface area contributed by atoms with Gasteiger partial charge in [0.05, 0.1) is 5.69 Å². The molecule has 1 aromatic rings. The predicted octanol–water partition coefficient (Wildman–Crippen LogP) is 5.12. The molecule has 0 heterocycles. The van der Waals surface area contributed by atoms with Crippen LogP contribution in [0.25, 0.3) is 5.57 Å². The average molecular weight is 254 g/mol. The van der Waals surface area contributed by atoms with Crippen LogP contribution in [0.5, 0.6) is 0 Å². The van der Waals surface area contributed by atoms with Crippen molar-refractivity contribution in [1.29, 1.82) is 0 Å². The number of allylic oxidation sites excluding steroid dienone is 4. The topological polar surface area (TPSA) is 24.7 Å². The predicted molar refractivity (Wildman–Crippen MR) is 86.6 cm³/mol. The fourth-order valence-electron chi connectivity index (χ4n) is 1.79. The van der Waals surface area contributed by atoms with E-state index in [1.54, 1.807) is 0 Å². The Bertz CT molecular complexity index is 534. The number of nitrogens with zero attached hydrogens (tertiary/aromatic N) is 2. The lowest BCUT2D eigenvalue weighted by Crippen LogP contribution is -1.86. The molecule has 1 aliphatic rings. The Kier molecular flexibility index (Phi) is 5.94. The first-order valence-corrected chi connectivity index (χ1v) is 6.70. The van der Waals surface area contributed by atoms with Crippen molar-refractivity contribution in [3.8, 4) is 0 Å². The minimum Gasteiger partial charge on any atom is -0.250 e. The summed E-state index contributed by atoms with van der Waals surface area (Å²) in [7, 11) is 0. The molecule has 1 aromatic carbocycles. The first-order chi connectivity index (χ1) is 9.20. The summed E-state index contributed by atoms with van der Waals surface area (Å²) < 4.78 is 0. The summed E-state index contributed by atoms with van der Waals surface area (Å²) in [4.78, 5) is 8.27. The van der Waals surface area contributed by atoms with E-state index < -0.39 is 0 Å². The zero-order valence-electron chi connectivity index (χ0n) is 12.3. The molecule has 0 bridgehead atoms. The zero-order valence-corrected chi connectivity index (χ0v) is 12.3. The second-order valence-corrected chi connectivity index (χ2v) is 4.12. The second-order valence-electron chi connectivity index (χ2n) is 4.12. The van der Waals surface area contributed by atoms with Crippen molar-refractivity contribution in [2.24, 2.45) is 9.98 Å². The fourth-order valence-corrected chi connectivity index (χ4v) is 1.79. The first kappa shape index (κ1) is 15.1. The Morgan fingerprint density at radius 1 is 1.26 bits per heavy atom. The summed E-state index contributed by atoms with van der Waals surface area (Å²) >= 11 is 0. The Balaban J connectivity index is 0.000000861. The van der Waals surface area contributed by atoms with Gasteiger partial charge in [0.15, 0.2) is 0 Å². The summed E-state index contributed by atoms with van der Waals surface area (Å²) in [5.74, 6) is 0.696. The van der Waals surface area contributed by atoms with E-state index in [0.717, 1.165) is 17.7 Å². The Morgan fingerprint density at radius 2 is 2.00 bits per heavy atom. The Morgan fingerprint density at radius 3 is 2.58 bits per heavy atom. The number of aryl methyl sites for hydroxylation is 1. The van der Waals surface area contributed by atoms with Crippen LogP contribution in [0.4, 0.5) is 5.69 Å². The van der Waals surface area contributed by atoms with Gasteiger partial charge in [-0.1, -0.05) is 44.2 Å². The third-order valence-electron chi connectivity index (χ3n) is 2.82. The van der Waals surface area contributed by atoms with E-state index in [1.165, 1.54) is 11.1 Å². The van der Waals surface area contributed by atoms with Crippen LogP contribution in [-0.2, 0) is 0 Å². The van der Waals surface area contributed by atoms with E-state index in [0.29, 0.717) is 5.84 Å². The van der Waals surface area contributed by atoms with Gasteiger partial charge in [-0.3, -0.25) is 0 Å². The van der Waals surface area contributed by atoms with Crippen molar-refractivity contribution in [3.63, 3.8) is 0 Å². The molecule has 0 saturated carbocycles. The van der Waals surface area contributed by atoms with Crippen LogP contribution in [0.3, 0.4) is 0 Å². The molecule has 2 rings (SSSR count). The molecule has 100 valence electrons. The number of hydrogen-bond donors (Lipinski definition) is 0. The standard InChI is InChI=1S/C15H16N2.C2H6/c1-11-8-9-14(13-6-4-5-7-13)10-15(11)17-12(2)16-3;1-2/h4,6-10H,3,5H2,1-2H3;1-2H3. The maximum absolute atomic E-state index is 4.45. The van der Waals surface area contributed by atoms with E-state index in [2.05, 4.69) is 60.1 Å². The summed E-state index contributed by atoms with van der Waals surface area (Å²) in [5.41, 5.74) is 4.60. The highest BCUT2D eigenvalue weighted by atomic mass is 14.9. The van der Waals surface area contributed by atoms with Crippen molar-refractivity contribution in [2.75, 3.05) is 0 Å². The number of hydrogen-bond acceptors (Lipinski definition) is 1. The van der Waals surface area contributed by atoms with Crippen molar-refractivity contribution in [3.05, 3.63) is 47.6 Å². The maximum Gasteiger partial charge on any atom is 0.125 e. The highest BCUT2D eigenvalue weighted by Gasteiger charge is 2.04. The van der Waals surface area contributed by atoms with Crippen molar-refractivity contribution < 1.29 is 0 Å². The summed E-state index contributed by atoms with van der Waals surface area (Å²) in [5, 5.41) is 0. The molecule has 0 fully saturated rings. The van der Waals surface area contributed by atoms with Gasteiger partial charge in [0.25, 0.3) is 0 Å². The molecule has 2 nitrogen and oxygen atoms in total. The molecular weight excluding hydrogens is 232 g/mol. The SMILES string of the molecule is C=NC(C)=Nc1cc(C2=CCC=C2)ccc1C.CC. The molecule has 1 aliphatic carbocycles. The number of aliphatic imine (C=N–C) groups is 2. The van der Waals surface area contributed by atoms with E-state index in [1.807, 2.05) is 20.8 Å². The highest BCUT2D eigenvalue weighted by molar-refractivity contribution is 5.87. The Hall–Kier alpha value is -1.96. The van der Waals surface area contributed by atoms with Gasteiger partial charge >= 0.3 is 0 Å². The van der Waals surface area contributed by atoms with Gasteiger partial charge in [-0.2, -0.15) is 0 Å². The lowest BCUT2D eigenvalue weighted by Gasteiger charge is -2.05. The summed E-state index contributed by atoms with van der Waals surface area (Å²) in [6.45, 7) is 11.4. The third kappa shape index (κ3) is 4.02. The van der Waals surface area contributed by atoms with Gasteiger partial charge in [-0.25, -0.2) is 9.98 Å². The molecule has 0 N–H and O–H groups in total. The molecule has 0 radical (unpaired) electrons. The quantitative estimate of drug-likeness (QED) is 0.517. The van der Waals surface area contributed by atoms with Crippen LogP contribution in [0, 0.1) is 6.92 Å². The van der Waals surface area contributed by atoms with Gasteiger partial charge in [-0.15, -0.1) is 0 Å². The molecule has 2 heteroatoms. The lowest BCUT2D eigenvalue weighted by atomic mass is 10.0. The second kappa shape index (κ2) is 7.47. The van der Waals surface area contributed by atoms with Crippen molar-refractivity contribution in [2.45, 2.75) is 34.1 Å². The van der Waals surface area contributed by atoms with Gasteiger partial charge in [0, 0.05) is 0 Å². The normalized spacial score (nSPS) is 13.7. The Labute approximate surface area is 116 Å². The van der Waals surface area contributed by atoms with Gasteiger partial charge in [0.1, 0.15) is 5.84 Å². The van der Waals surface area contributed by atoms with E-state index in [-0.39, 0.29) is 0 Å². The maximum atomic E-state index is 4.45. The highest BCUT2D eigenvalue weighted by Crippen LogP contribution is 2.27. The largest absolute Gasteiger partial charge is 0.250 e. The van der Waals surface area contributed by atoms with Crippen LogP contribution in [-0.4, -0.2) is 12.6 Å². The van der Waals surface area contributed by atoms with Gasteiger partial charge < -0.3 is 0 Å². The van der Waals surface area contributed by atoms with E-state index in [9.17, 15) is 0 Å². The molecule has 0 amide bonds. The van der Waals surface area contributed by atoms with Crippen LogP contribution in [0.1, 0.15) is 38.3 Å². The molecule has 0 saturated heterocycles. The van der Waals surface area contributed by atoms with Crippen LogP contribution >= 0.6 is 0 Å². The summed E-state index contributed by atoms with van der Waals surface area (Å²) in [6.07, 6.45) is 7.55. The summed E-state index contributed by atoms with van der Waals surface area (Å²) in [6, 6.07) is 6.33. The molecule has 19 heavy (non-hydrogen) atoms.